The van der Waals surface area contributed by atoms with Crippen LogP contribution in [0.1, 0.15) is 72.0 Å². The van der Waals surface area contributed by atoms with Gasteiger partial charge in [-0.15, -0.1) is 12.6 Å². The van der Waals surface area contributed by atoms with Crippen molar-refractivity contribution in [2.24, 2.45) is 11.8 Å². The van der Waals surface area contributed by atoms with Crippen molar-refractivity contribution < 1.29 is 0 Å². The van der Waals surface area contributed by atoms with Crippen molar-refractivity contribution in [3.63, 3.8) is 0 Å². The van der Waals surface area contributed by atoms with E-state index in [1.807, 2.05) is 0 Å². The summed E-state index contributed by atoms with van der Waals surface area (Å²) in [5.41, 5.74) is 2.42. The highest BCUT2D eigenvalue weighted by Crippen LogP contribution is 2.36. The van der Waals surface area contributed by atoms with Gasteiger partial charge in [-0.3, -0.25) is 0 Å². The smallest absolute Gasteiger partial charge is 0.115 e. The molecule has 0 radical (unpaired) electrons. The molecule has 2 nitrogen and oxygen atoms in total. The second kappa shape index (κ2) is 7.11. The third-order valence-electron chi connectivity index (χ3n) is 5.22. The topological polar surface area (TPSA) is 17.8 Å². The van der Waals surface area contributed by atoms with Crippen molar-refractivity contribution >= 4 is 23.7 Å². The minimum atomic E-state index is 0.0586. The Hall–Kier alpha value is -0.960. The largest absolute Gasteiger partial charge is 0.327 e. The Morgan fingerprint density at radius 1 is 1.25 bits per heavy atom. The summed E-state index contributed by atoms with van der Waals surface area (Å²) in [5, 5.41) is 0. The van der Waals surface area contributed by atoms with Crippen LogP contribution in [0.4, 0.5) is 0 Å². The van der Waals surface area contributed by atoms with Crippen molar-refractivity contribution in [1.29, 1.82) is 0 Å². The van der Waals surface area contributed by atoms with Gasteiger partial charge in [-0.05, 0) is 42.9 Å². The van der Waals surface area contributed by atoms with E-state index >= 15 is 0 Å². The molecule has 3 rings (SSSR count). The molecular formula is C21H32N2S. The second-order valence-electron chi connectivity index (χ2n) is 8.64. The molecule has 1 aliphatic carbocycles. The zero-order chi connectivity index (χ0) is 17.3. The molecule has 3 heteroatoms. The summed E-state index contributed by atoms with van der Waals surface area (Å²) in [6, 6.07) is 6.39. The van der Waals surface area contributed by atoms with Gasteiger partial charge in [0.05, 0.1) is 11.0 Å². The van der Waals surface area contributed by atoms with Gasteiger partial charge in [-0.2, -0.15) is 0 Å². The maximum absolute atomic E-state index is 4.98. The van der Waals surface area contributed by atoms with Crippen molar-refractivity contribution in [3.05, 3.63) is 24.0 Å². The standard InChI is InChI=1S/C21H32N2S/c1-5-6-16(10-9-15-7-8-15)14-23-19-12-11-17(24)13-18(19)22-20(23)21(2,3)4/h11-13,15-16,24H,5-10,14H2,1-4H3. The molecule has 0 bridgehead atoms. The van der Waals surface area contributed by atoms with Crippen LogP contribution in [0.15, 0.2) is 23.1 Å². The first-order chi connectivity index (χ1) is 11.4. The third kappa shape index (κ3) is 4.17. The van der Waals surface area contributed by atoms with Crippen LogP contribution in [0, 0.1) is 11.8 Å². The highest BCUT2D eigenvalue weighted by atomic mass is 32.1. The highest BCUT2D eigenvalue weighted by Gasteiger charge is 2.26. The van der Waals surface area contributed by atoms with Crippen LogP contribution in [-0.2, 0) is 12.0 Å². The first kappa shape index (κ1) is 17.8. The van der Waals surface area contributed by atoms with E-state index < -0.39 is 0 Å². The van der Waals surface area contributed by atoms with Crippen molar-refractivity contribution in [3.8, 4) is 0 Å². The molecule has 1 aromatic heterocycles. The van der Waals surface area contributed by atoms with Gasteiger partial charge in [0.15, 0.2) is 0 Å². The Labute approximate surface area is 152 Å². The zero-order valence-corrected chi connectivity index (χ0v) is 16.6. The molecule has 1 heterocycles. The van der Waals surface area contributed by atoms with E-state index in [2.05, 4.69) is 63.1 Å². The van der Waals surface area contributed by atoms with Gasteiger partial charge in [0.2, 0.25) is 0 Å². The Kier molecular flexibility index (Phi) is 5.29. The number of benzene rings is 1. The lowest BCUT2D eigenvalue weighted by Gasteiger charge is -2.24. The summed E-state index contributed by atoms with van der Waals surface area (Å²) in [6.07, 6.45) is 8.30. The molecule has 1 aliphatic rings. The molecule has 2 aromatic rings. The molecule has 24 heavy (non-hydrogen) atoms. The first-order valence-electron chi connectivity index (χ1n) is 9.58. The molecule has 1 unspecified atom stereocenters. The quantitative estimate of drug-likeness (QED) is 0.589. The summed E-state index contributed by atoms with van der Waals surface area (Å²) in [5.74, 6) is 3.01. The van der Waals surface area contributed by atoms with Crippen LogP contribution >= 0.6 is 12.6 Å². The molecule has 132 valence electrons. The third-order valence-corrected chi connectivity index (χ3v) is 5.50. The van der Waals surface area contributed by atoms with Gasteiger partial charge in [-0.25, -0.2) is 4.98 Å². The van der Waals surface area contributed by atoms with Gasteiger partial charge in [-0.1, -0.05) is 53.4 Å². The van der Waals surface area contributed by atoms with Crippen LogP contribution in [0.3, 0.4) is 0 Å². The molecule has 1 saturated carbocycles. The summed E-state index contributed by atoms with van der Waals surface area (Å²) in [6.45, 7) is 10.2. The molecule has 0 aliphatic heterocycles. The van der Waals surface area contributed by atoms with E-state index in [4.69, 9.17) is 4.98 Å². The van der Waals surface area contributed by atoms with Crippen molar-refractivity contribution in [2.45, 2.75) is 83.1 Å². The minimum Gasteiger partial charge on any atom is -0.327 e. The SMILES string of the molecule is CCCC(CCC1CC1)Cn1c(C(C)(C)C)nc2cc(S)ccc21. The number of hydrogen-bond donors (Lipinski definition) is 1. The maximum atomic E-state index is 4.98. The average molecular weight is 345 g/mol. The number of hydrogen-bond acceptors (Lipinski definition) is 2. The Bertz CT molecular complexity index is 692. The molecule has 0 amide bonds. The predicted molar refractivity (Wildman–Crippen MR) is 106 cm³/mol. The van der Waals surface area contributed by atoms with Crippen LogP contribution < -0.4 is 0 Å². The number of imidazole rings is 1. The fourth-order valence-corrected chi connectivity index (χ4v) is 3.94. The summed E-state index contributed by atoms with van der Waals surface area (Å²) < 4.78 is 2.50. The normalized spacial score (nSPS) is 16.7. The lowest BCUT2D eigenvalue weighted by Crippen LogP contribution is -2.22. The Morgan fingerprint density at radius 2 is 2.00 bits per heavy atom. The van der Waals surface area contributed by atoms with Gasteiger partial charge in [0.25, 0.3) is 0 Å². The lowest BCUT2D eigenvalue weighted by molar-refractivity contribution is 0.356. The van der Waals surface area contributed by atoms with E-state index in [-0.39, 0.29) is 5.41 Å². The fourth-order valence-electron chi connectivity index (χ4n) is 3.75. The molecule has 0 N–H and O–H groups in total. The molecule has 1 fully saturated rings. The maximum Gasteiger partial charge on any atom is 0.115 e. The van der Waals surface area contributed by atoms with Gasteiger partial charge < -0.3 is 4.57 Å². The van der Waals surface area contributed by atoms with Crippen LogP contribution in [0.25, 0.3) is 11.0 Å². The van der Waals surface area contributed by atoms with Crippen LogP contribution in [0.5, 0.6) is 0 Å². The van der Waals surface area contributed by atoms with E-state index in [1.165, 1.54) is 49.9 Å². The molecule has 0 spiro atoms. The highest BCUT2D eigenvalue weighted by molar-refractivity contribution is 7.80. The number of fused-ring (bicyclic) bond motifs is 1. The number of nitrogens with zero attached hydrogens (tertiary/aromatic N) is 2. The summed E-state index contributed by atoms with van der Waals surface area (Å²) in [7, 11) is 0. The van der Waals surface area contributed by atoms with Crippen LogP contribution in [-0.4, -0.2) is 9.55 Å². The van der Waals surface area contributed by atoms with Gasteiger partial charge >= 0.3 is 0 Å². The monoisotopic (exact) mass is 344 g/mol. The van der Waals surface area contributed by atoms with Crippen molar-refractivity contribution in [2.75, 3.05) is 0 Å². The number of thiol groups is 1. The molecule has 0 saturated heterocycles. The Balaban J connectivity index is 1.92. The molecular weight excluding hydrogens is 312 g/mol. The van der Waals surface area contributed by atoms with Crippen LogP contribution in [0.2, 0.25) is 0 Å². The van der Waals surface area contributed by atoms with E-state index in [1.54, 1.807) is 0 Å². The fraction of sp³-hybridized carbons (Fsp3) is 0.667. The Morgan fingerprint density at radius 3 is 2.62 bits per heavy atom. The van der Waals surface area contributed by atoms with Crippen molar-refractivity contribution in [1.82, 2.24) is 9.55 Å². The second-order valence-corrected chi connectivity index (χ2v) is 9.16. The van der Waals surface area contributed by atoms with E-state index in [0.717, 1.165) is 28.8 Å². The summed E-state index contributed by atoms with van der Waals surface area (Å²) >= 11 is 4.49. The van der Waals surface area contributed by atoms with E-state index in [9.17, 15) is 0 Å². The van der Waals surface area contributed by atoms with E-state index in [0.29, 0.717) is 0 Å². The van der Waals surface area contributed by atoms with Gasteiger partial charge in [0, 0.05) is 16.9 Å². The average Bonchev–Trinajstić information content (AvgIpc) is 3.26. The molecule has 1 atom stereocenters. The number of rotatable bonds is 7. The number of aromatic nitrogens is 2. The minimum absolute atomic E-state index is 0.0586. The zero-order valence-electron chi connectivity index (χ0n) is 15.7. The predicted octanol–water partition coefficient (Wildman–Crippen LogP) is 6.23. The lowest BCUT2D eigenvalue weighted by atomic mass is 9.93. The van der Waals surface area contributed by atoms with Gasteiger partial charge in [0.1, 0.15) is 5.82 Å². The summed E-state index contributed by atoms with van der Waals surface area (Å²) in [4.78, 5) is 5.97. The first-order valence-corrected chi connectivity index (χ1v) is 10.0. The molecule has 1 aromatic carbocycles.